The summed E-state index contributed by atoms with van der Waals surface area (Å²) in [5.41, 5.74) is 1.74. The van der Waals surface area contributed by atoms with Crippen molar-refractivity contribution in [1.29, 1.82) is 0 Å². The quantitative estimate of drug-likeness (QED) is 0.860. The zero-order valence-corrected chi connectivity index (χ0v) is 11.7. The van der Waals surface area contributed by atoms with Crippen molar-refractivity contribution in [2.24, 2.45) is 11.8 Å². The van der Waals surface area contributed by atoms with Crippen LogP contribution in [0.25, 0.3) is 0 Å². The first kappa shape index (κ1) is 12.2. The third-order valence-electron chi connectivity index (χ3n) is 5.22. The monoisotopic (exact) mass is 244 g/mol. The fourth-order valence-electron chi connectivity index (χ4n) is 4.08. The van der Waals surface area contributed by atoms with Crippen LogP contribution in [0.3, 0.4) is 0 Å². The number of fused-ring (bicyclic) bond motifs is 1. The van der Waals surface area contributed by atoms with E-state index < -0.39 is 0 Å². The maximum absolute atomic E-state index is 3.57. The molecule has 0 radical (unpaired) electrons. The van der Waals surface area contributed by atoms with Gasteiger partial charge in [-0.3, -0.25) is 4.90 Å². The molecular formula is C16H24N2. The van der Waals surface area contributed by atoms with E-state index in [0.29, 0.717) is 11.6 Å². The molecule has 0 spiro atoms. The van der Waals surface area contributed by atoms with Crippen molar-refractivity contribution >= 4 is 0 Å². The third kappa shape index (κ3) is 1.79. The topological polar surface area (TPSA) is 15.3 Å². The second-order valence-electron chi connectivity index (χ2n) is 6.44. The van der Waals surface area contributed by atoms with E-state index in [1.165, 1.54) is 18.7 Å². The Hall–Kier alpha value is -0.860. The van der Waals surface area contributed by atoms with Gasteiger partial charge < -0.3 is 5.32 Å². The first-order chi connectivity index (χ1) is 8.60. The van der Waals surface area contributed by atoms with Crippen LogP contribution in [-0.4, -0.2) is 29.6 Å². The highest BCUT2D eigenvalue weighted by Gasteiger charge is 2.53. The standard InChI is InChI=1S/C16H24N2/c1-12-14-9-17-10-15(14)16(2,3)18(12)11-13-7-5-4-6-8-13/h4-8,12,14-15,17H,9-11H2,1-3H3. The molecule has 3 rings (SSSR count). The first-order valence-corrected chi connectivity index (χ1v) is 7.12. The van der Waals surface area contributed by atoms with Crippen LogP contribution in [0, 0.1) is 11.8 Å². The van der Waals surface area contributed by atoms with Gasteiger partial charge >= 0.3 is 0 Å². The highest BCUT2D eigenvalue weighted by Crippen LogP contribution is 2.45. The van der Waals surface area contributed by atoms with Gasteiger partial charge in [0.05, 0.1) is 0 Å². The Balaban J connectivity index is 1.84. The van der Waals surface area contributed by atoms with Crippen molar-refractivity contribution in [2.75, 3.05) is 13.1 Å². The van der Waals surface area contributed by atoms with Gasteiger partial charge in [-0.15, -0.1) is 0 Å². The molecule has 2 aliphatic heterocycles. The number of nitrogens with one attached hydrogen (secondary N) is 1. The second kappa shape index (κ2) is 4.36. The molecule has 0 aliphatic carbocycles. The molecule has 2 heterocycles. The van der Waals surface area contributed by atoms with Gasteiger partial charge in [-0.2, -0.15) is 0 Å². The Bertz CT molecular complexity index is 412. The van der Waals surface area contributed by atoms with E-state index in [9.17, 15) is 0 Å². The number of nitrogens with zero attached hydrogens (tertiary/aromatic N) is 1. The molecule has 0 amide bonds. The minimum atomic E-state index is 0.309. The molecule has 1 aromatic rings. The molecule has 0 saturated carbocycles. The number of hydrogen-bond donors (Lipinski definition) is 1. The Kier molecular flexibility index (Phi) is 2.95. The summed E-state index contributed by atoms with van der Waals surface area (Å²) >= 11 is 0. The molecule has 3 atom stereocenters. The van der Waals surface area contributed by atoms with E-state index in [1.54, 1.807) is 0 Å². The average molecular weight is 244 g/mol. The van der Waals surface area contributed by atoms with Crippen molar-refractivity contribution in [2.45, 2.75) is 38.9 Å². The highest BCUT2D eigenvalue weighted by atomic mass is 15.3. The smallest absolute Gasteiger partial charge is 0.0242 e. The van der Waals surface area contributed by atoms with Gasteiger partial charge in [0, 0.05) is 24.7 Å². The zero-order valence-electron chi connectivity index (χ0n) is 11.7. The highest BCUT2D eigenvalue weighted by molar-refractivity contribution is 5.17. The normalized spacial score (nSPS) is 34.7. The molecule has 2 nitrogen and oxygen atoms in total. The van der Waals surface area contributed by atoms with Crippen LogP contribution in [0.2, 0.25) is 0 Å². The minimum Gasteiger partial charge on any atom is -0.316 e. The van der Waals surface area contributed by atoms with Gasteiger partial charge in [-0.05, 0) is 44.7 Å². The lowest BCUT2D eigenvalue weighted by Gasteiger charge is -2.37. The lowest BCUT2D eigenvalue weighted by atomic mass is 9.83. The largest absolute Gasteiger partial charge is 0.316 e. The van der Waals surface area contributed by atoms with E-state index in [4.69, 9.17) is 0 Å². The fourth-order valence-corrected chi connectivity index (χ4v) is 4.08. The van der Waals surface area contributed by atoms with Crippen LogP contribution in [0.15, 0.2) is 30.3 Å². The molecule has 2 heteroatoms. The van der Waals surface area contributed by atoms with E-state index in [1.807, 2.05) is 0 Å². The molecule has 1 aromatic carbocycles. The molecule has 2 saturated heterocycles. The second-order valence-corrected chi connectivity index (χ2v) is 6.44. The summed E-state index contributed by atoms with van der Waals surface area (Å²) in [4.78, 5) is 2.71. The average Bonchev–Trinajstić information content (AvgIpc) is 2.91. The van der Waals surface area contributed by atoms with E-state index in [-0.39, 0.29) is 0 Å². The van der Waals surface area contributed by atoms with E-state index >= 15 is 0 Å². The molecule has 2 aliphatic rings. The summed E-state index contributed by atoms with van der Waals surface area (Å²) in [5.74, 6) is 1.62. The lowest BCUT2D eigenvalue weighted by molar-refractivity contribution is 0.101. The molecule has 18 heavy (non-hydrogen) atoms. The van der Waals surface area contributed by atoms with Crippen LogP contribution < -0.4 is 5.32 Å². The molecule has 0 aromatic heterocycles. The summed E-state index contributed by atoms with van der Waals surface area (Å²) in [6.07, 6.45) is 0. The number of benzene rings is 1. The van der Waals surface area contributed by atoms with Gasteiger partial charge in [-0.25, -0.2) is 0 Å². The maximum Gasteiger partial charge on any atom is 0.0242 e. The van der Waals surface area contributed by atoms with Crippen LogP contribution in [0.5, 0.6) is 0 Å². The number of hydrogen-bond acceptors (Lipinski definition) is 2. The molecule has 3 unspecified atom stereocenters. The first-order valence-electron chi connectivity index (χ1n) is 7.12. The van der Waals surface area contributed by atoms with Crippen LogP contribution in [0.4, 0.5) is 0 Å². The van der Waals surface area contributed by atoms with Crippen molar-refractivity contribution in [3.63, 3.8) is 0 Å². The summed E-state index contributed by atoms with van der Waals surface area (Å²) in [5, 5.41) is 3.57. The van der Waals surface area contributed by atoms with Gasteiger partial charge in [0.15, 0.2) is 0 Å². The number of likely N-dealkylation sites (tertiary alicyclic amines) is 1. The minimum absolute atomic E-state index is 0.309. The molecule has 98 valence electrons. The van der Waals surface area contributed by atoms with Crippen LogP contribution >= 0.6 is 0 Å². The van der Waals surface area contributed by atoms with Gasteiger partial charge in [0.1, 0.15) is 0 Å². The predicted molar refractivity (Wildman–Crippen MR) is 75.4 cm³/mol. The SMILES string of the molecule is CC1C2CNCC2C(C)(C)N1Cc1ccccc1. The van der Waals surface area contributed by atoms with Crippen molar-refractivity contribution in [3.8, 4) is 0 Å². The molecular weight excluding hydrogens is 220 g/mol. The zero-order chi connectivity index (χ0) is 12.8. The van der Waals surface area contributed by atoms with E-state index in [0.717, 1.165) is 18.4 Å². The van der Waals surface area contributed by atoms with Gasteiger partial charge in [-0.1, -0.05) is 30.3 Å². The predicted octanol–water partition coefficient (Wildman–Crippen LogP) is 2.50. The summed E-state index contributed by atoms with van der Waals surface area (Å²) in [6, 6.07) is 11.6. The third-order valence-corrected chi connectivity index (χ3v) is 5.22. The fraction of sp³-hybridized carbons (Fsp3) is 0.625. The van der Waals surface area contributed by atoms with Crippen LogP contribution in [-0.2, 0) is 6.54 Å². The van der Waals surface area contributed by atoms with Crippen molar-refractivity contribution < 1.29 is 0 Å². The maximum atomic E-state index is 3.57. The molecule has 0 bridgehead atoms. The van der Waals surface area contributed by atoms with E-state index in [2.05, 4.69) is 61.3 Å². The Morgan fingerprint density at radius 1 is 1.22 bits per heavy atom. The Morgan fingerprint density at radius 2 is 1.94 bits per heavy atom. The number of rotatable bonds is 2. The van der Waals surface area contributed by atoms with Gasteiger partial charge in [0.2, 0.25) is 0 Å². The van der Waals surface area contributed by atoms with Crippen LogP contribution in [0.1, 0.15) is 26.3 Å². The summed E-state index contributed by atoms with van der Waals surface area (Å²) < 4.78 is 0. The lowest BCUT2D eigenvalue weighted by Crippen LogP contribution is -2.46. The molecule has 1 N–H and O–H groups in total. The van der Waals surface area contributed by atoms with Crippen molar-refractivity contribution in [1.82, 2.24) is 10.2 Å². The summed E-state index contributed by atoms with van der Waals surface area (Å²) in [6.45, 7) is 10.7. The Morgan fingerprint density at radius 3 is 2.61 bits per heavy atom. The summed E-state index contributed by atoms with van der Waals surface area (Å²) in [7, 11) is 0. The Labute approximate surface area is 110 Å². The van der Waals surface area contributed by atoms with Gasteiger partial charge in [0.25, 0.3) is 0 Å². The molecule has 2 fully saturated rings. The van der Waals surface area contributed by atoms with Crippen molar-refractivity contribution in [3.05, 3.63) is 35.9 Å².